The Kier molecular flexibility index (Phi) is 6.21. The molecule has 18 nitrogen and oxygen atoms in total. The van der Waals surface area contributed by atoms with E-state index in [9.17, 15) is 10.2 Å². The number of aliphatic hydroxyl groups is 2. The molecule has 45 heavy (non-hydrogen) atoms. The molecule has 240 valence electrons. The fourth-order valence-electron chi connectivity index (χ4n) is 7.31. The number of ether oxygens (including phenoxy) is 4. The number of fused-ring (bicyclic) bond motifs is 4. The Bertz CT molecular complexity index is 1780. The lowest BCUT2D eigenvalue weighted by atomic mass is 10.1. The van der Waals surface area contributed by atoms with Crippen molar-refractivity contribution >= 4 is 34.0 Å². The second kappa shape index (κ2) is 9.69. The summed E-state index contributed by atoms with van der Waals surface area (Å²) in [4.78, 5) is 24.8. The third kappa shape index (κ3) is 4.10. The number of aromatic nitrogens is 8. The number of aliphatic hydroxyl groups excluding tert-OH is 2. The molecule has 10 N–H and O–H groups in total. The number of rotatable bonds is 4. The largest absolute Gasteiger partial charge is 0.387 e. The zero-order valence-corrected chi connectivity index (χ0v) is 24.7. The second-order valence-corrected chi connectivity index (χ2v) is 12.8. The van der Waals surface area contributed by atoms with Crippen LogP contribution in [0.25, 0.3) is 22.3 Å². The summed E-state index contributed by atoms with van der Waals surface area (Å²) in [6.07, 6.45) is 3.82. The van der Waals surface area contributed by atoms with Crippen LogP contribution >= 0.6 is 0 Å². The van der Waals surface area contributed by atoms with Gasteiger partial charge in [-0.25, -0.2) is 29.9 Å². The van der Waals surface area contributed by atoms with Gasteiger partial charge in [-0.1, -0.05) is 0 Å². The Morgan fingerprint density at radius 2 is 1.29 bits per heavy atom. The molecule has 0 radical (unpaired) electrons. The summed E-state index contributed by atoms with van der Waals surface area (Å²) in [5, 5.41) is 20.6. The first kappa shape index (κ1) is 28.8. The van der Waals surface area contributed by atoms with Gasteiger partial charge in [-0.3, -0.25) is 9.13 Å². The molecule has 3 aliphatic heterocycles. The second-order valence-electron chi connectivity index (χ2n) is 12.8. The number of hydrogen-bond acceptors (Lipinski definition) is 16. The van der Waals surface area contributed by atoms with Gasteiger partial charge in [-0.2, -0.15) is 0 Å². The van der Waals surface area contributed by atoms with E-state index in [0.717, 1.165) is 6.42 Å². The van der Waals surface area contributed by atoms with Crippen LogP contribution in [0.3, 0.4) is 0 Å². The van der Waals surface area contributed by atoms with Crippen molar-refractivity contribution in [2.45, 2.75) is 80.5 Å². The van der Waals surface area contributed by atoms with E-state index in [-0.39, 0.29) is 41.7 Å². The molecule has 0 aromatic carbocycles. The highest BCUT2D eigenvalue weighted by atomic mass is 16.8. The summed E-state index contributed by atoms with van der Waals surface area (Å²) in [5.74, 6) is 0.283. The van der Waals surface area contributed by atoms with E-state index in [0.29, 0.717) is 47.7 Å². The molecule has 2 aliphatic carbocycles. The van der Waals surface area contributed by atoms with Crippen LogP contribution in [-0.2, 0) is 18.9 Å². The van der Waals surface area contributed by atoms with Crippen LogP contribution in [0.5, 0.6) is 0 Å². The Labute approximate surface area is 256 Å². The Hall–Kier alpha value is -3.62. The lowest BCUT2D eigenvalue weighted by Gasteiger charge is -2.25. The summed E-state index contributed by atoms with van der Waals surface area (Å²) in [5.41, 5.74) is 24.1. The summed E-state index contributed by atoms with van der Waals surface area (Å²) < 4.78 is 28.1. The molecule has 4 aromatic rings. The van der Waals surface area contributed by atoms with Gasteiger partial charge in [0, 0.05) is 11.8 Å². The first-order valence-corrected chi connectivity index (χ1v) is 14.9. The van der Waals surface area contributed by atoms with Crippen LogP contribution in [0, 0.1) is 11.8 Å². The van der Waals surface area contributed by atoms with Crippen molar-refractivity contribution in [3.8, 4) is 0 Å². The normalized spacial score (nSPS) is 39.1. The monoisotopic (exact) mass is 624 g/mol. The van der Waals surface area contributed by atoms with E-state index >= 15 is 0 Å². The first-order valence-electron chi connectivity index (χ1n) is 14.9. The van der Waals surface area contributed by atoms with Crippen molar-refractivity contribution in [1.82, 2.24) is 39.0 Å². The van der Waals surface area contributed by atoms with Crippen molar-refractivity contribution in [2.24, 2.45) is 23.3 Å². The van der Waals surface area contributed by atoms with Gasteiger partial charge in [-0.15, -0.1) is 0 Å². The number of nitrogens with two attached hydrogens (primary N) is 4. The predicted octanol–water partition coefficient (Wildman–Crippen LogP) is -1.45. The molecule has 0 amide bonds. The van der Waals surface area contributed by atoms with Gasteiger partial charge in [0.2, 0.25) is 0 Å². The highest BCUT2D eigenvalue weighted by molar-refractivity contribution is 5.81. The lowest BCUT2D eigenvalue weighted by molar-refractivity contribution is -0.203. The molecule has 2 spiro atoms. The van der Waals surface area contributed by atoms with Crippen molar-refractivity contribution in [1.29, 1.82) is 0 Å². The summed E-state index contributed by atoms with van der Waals surface area (Å²) >= 11 is 0. The Morgan fingerprint density at radius 1 is 0.756 bits per heavy atom. The van der Waals surface area contributed by atoms with Gasteiger partial charge in [-0.05, 0) is 39.8 Å². The maximum atomic E-state index is 10.3. The third-order valence-electron chi connectivity index (χ3n) is 9.77. The average molecular weight is 625 g/mol. The van der Waals surface area contributed by atoms with Crippen molar-refractivity contribution in [3.05, 3.63) is 25.3 Å². The third-order valence-corrected chi connectivity index (χ3v) is 9.77. The Morgan fingerprint density at radius 3 is 1.84 bits per heavy atom. The molecule has 3 saturated heterocycles. The predicted molar refractivity (Wildman–Crippen MR) is 155 cm³/mol. The van der Waals surface area contributed by atoms with Gasteiger partial charge >= 0.3 is 0 Å². The summed E-state index contributed by atoms with van der Waals surface area (Å²) in [6.45, 7) is 4.82. The summed E-state index contributed by atoms with van der Waals surface area (Å²) in [7, 11) is 0. The van der Waals surface area contributed by atoms with Crippen molar-refractivity contribution in [3.63, 3.8) is 0 Å². The maximum absolute atomic E-state index is 10.3. The van der Waals surface area contributed by atoms with Crippen LogP contribution in [0.1, 0.15) is 39.1 Å². The van der Waals surface area contributed by atoms with Gasteiger partial charge < -0.3 is 52.1 Å². The zero-order valence-electron chi connectivity index (χ0n) is 24.7. The molecule has 5 fully saturated rings. The fourth-order valence-corrected chi connectivity index (χ4v) is 7.31. The first-order chi connectivity index (χ1) is 21.5. The average Bonchev–Trinajstić information content (AvgIpc) is 3.54. The number of hydrogen-bond donors (Lipinski definition) is 6. The fraction of sp³-hybridized carbons (Fsp3) is 0.630. The lowest BCUT2D eigenvalue weighted by Crippen LogP contribution is -2.34. The van der Waals surface area contributed by atoms with Gasteiger partial charge in [0.1, 0.15) is 59.3 Å². The van der Waals surface area contributed by atoms with Crippen LogP contribution < -0.4 is 22.9 Å². The highest BCUT2D eigenvalue weighted by Gasteiger charge is 2.73. The van der Waals surface area contributed by atoms with Crippen LogP contribution in [0.15, 0.2) is 25.3 Å². The molecule has 0 bridgehead atoms. The van der Waals surface area contributed by atoms with E-state index in [1.165, 1.54) is 19.0 Å². The number of nitrogen functional groups attached to an aromatic ring is 2. The zero-order chi connectivity index (χ0) is 31.5. The SMILES string of the molecule is CC1(C)OC2[C@H](n3cnc4c(N)ncnc43)O[C@@]3(C[C@H]3CN)[C@@H]2O1.NC[C@@H]1C[C@@]12O[C@@H](n1cnc3c(N)ncnc31)C(O)[C@H]2O. The van der Waals surface area contributed by atoms with E-state index in [1.807, 2.05) is 18.4 Å². The minimum Gasteiger partial charge on any atom is -0.387 e. The molecule has 4 aromatic heterocycles. The number of nitrogens with zero attached hydrogens (tertiary/aromatic N) is 8. The van der Waals surface area contributed by atoms with Crippen molar-refractivity contribution < 1.29 is 29.2 Å². The van der Waals surface area contributed by atoms with Gasteiger partial charge in [0.25, 0.3) is 0 Å². The molecule has 7 heterocycles. The number of imidazole rings is 2. The smallest absolute Gasteiger partial charge is 0.167 e. The van der Waals surface area contributed by atoms with Crippen LogP contribution in [-0.4, -0.2) is 104 Å². The summed E-state index contributed by atoms with van der Waals surface area (Å²) in [6, 6.07) is 0. The quantitative estimate of drug-likeness (QED) is 0.152. The number of anilines is 2. The van der Waals surface area contributed by atoms with Crippen LogP contribution in [0.2, 0.25) is 0 Å². The molecule has 18 heteroatoms. The topological polar surface area (TPSA) is 269 Å². The minimum atomic E-state index is -1.07. The molecule has 2 unspecified atom stereocenters. The van der Waals surface area contributed by atoms with Gasteiger partial charge in [0.15, 0.2) is 41.2 Å². The molecule has 2 saturated carbocycles. The van der Waals surface area contributed by atoms with Crippen molar-refractivity contribution in [2.75, 3.05) is 24.6 Å². The molecule has 9 rings (SSSR count). The van der Waals surface area contributed by atoms with Gasteiger partial charge in [0.05, 0.1) is 12.7 Å². The molecular formula is C27H36N12O6. The molecule has 5 aliphatic rings. The minimum absolute atomic E-state index is 0.0571. The van der Waals surface area contributed by atoms with E-state index in [4.69, 9.17) is 41.9 Å². The van der Waals surface area contributed by atoms with E-state index in [2.05, 4.69) is 29.9 Å². The maximum Gasteiger partial charge on any atom is 0.167 e. The van der Waals surface area contributed by atoms with E-state index < -0.39 is 29.8 Å². The standard InChI is InChI=1S/C15H20N6O3.C12H16N6O3/c1-14(2)22-9-10(23-14)15(3-7(15)4-16)24-13(9)21-6-20-8-11(17)18-5-19-12(8)21;13-2-5-1-12(5)8(20)7(19)11(21-12)18-4-17-6-9(14)15-3-16-10(6)18/h5-7,9-10,13H,3-4,16H2,1-2H3,(H2,17,18,19);3-5,7-8,11,19-20H,1-2,13H2,(H2,14,15,16)/t7-,9?,10+,13+,15+;5-,7?,8+,11+,12+/m00/s1. The highest BCUT2D eigenvalue weighted by Crippen LogP contribution is 2.62. The Balaban J connectivity index is 0.000000135. The molecular weight excluding hydrogens is 588 g/mol. The molecule has 10 atom stereocenters. The van der Waals surface area contributed by atoms with E-state index in [1.54, 1.807) is 10.9 Å². The van der Waals surface area contributed by atoms with Crippen LogP contribution in [0.4, 0.5) is 11.6 Å².